The van der Waals surface area contributed by atoms with Crippen LogP contribution in [0.5, 0.6) is 0 Å². The number of carbonyl (C=O) groups excluding carboxylic acids is 1. The van der Waals surface area contributed by atoms with Gasteiger partial charge in [-0.05, 0) is 20.9 Å². The maximum atomic E-state index is 11.9. The summed E-state index contributed by atoms with van der Waals surface area (Å²) in [5, 5.41) is 11.3. The van der Waals surface area contributed by atoms with Crippen LogP contribution in [0.4, 0.5) is 4.79 Å². The molecule has 2 N–H and O–H groups in total. The third kappa shape index (κ3) is 4.22. The molecular formula is C11H21N3O3. The first kappa shape index (κ1) is 13.8. The molecule has 0 aliphatic carbocycles. The van der Waals surface area contributed by atoms with Crippen molar-refractivity contribution >= 4 is 12.0 Å². The summed E-state index contributed by atoms with van der Waals surface area (Å²) < 4.78 is 0. The molecule has 0 aromatic carbocycles. The van der Waals surface area contributed by atoms with E-state index in [0.29, 0.717) is 6.54 Å². The highest BCUT2D eigenvalue weighted by Crippen LogP contribution is 2.08. The van der Waals surface area contributed by atoms with E-state index in [-0.39, 0.29) is 24.5 Å². The number of urea groups is 1. The SMILES string of the molecule is CC(CC(=O)O)NC(=O)N1CCN(C)CC1C. The van der Waals surface area contributed by atoms with Gasteiger partial charge in [0, 0.05) is 31.7 Å². The van der Waals surface area contributed by atoms with E-state index in [1.165, 1.54) is 0 Å². The van der Waals surface area contributed by atoms with Gasteiger partial charge in [-0.2, -0.15) is 0 Å². The van der Waals surface area contributed by atoms with Gasteiger partial charge in [-0.25, -0.2) is 4.79 Å². The van der Waals surface area contributed by atoms with E-state index in [1.54, 1.807) is 11.8 Å². The van der Waals surface area contributed by atoms with Crippen molar-refractivity contribution in [1.29, 1.82) is 0 Å². The molecular weight excluding hydrogens is 222 g/mol. The maximum absolute atomic E-state index is 11.9. The predicted octanol–water partition coefficient (Wildman–Crippen LogP) is 0.195. The quantitative estimate of drug-likeness (QED) is 0.742. The van der Waals surface area contributed by atoms with E-state index in [4.69, 9.17) is 5.11 Å². The second-order valence-corrected chi connectivity index (χ2v) is 4.75. The fourth-order valence-electron chi connectivity index (χ4n) is 2.05. The first-order valence-electron chi connectivity index (χ1n) is 5.87. The van der Waals surface area contributed by atoms with Crippen molar-refractivity contribution in [3.63, 3.8) is 0 Å². The van der Waals surface area contributed by atoms with Gasteiger partial charge in [0.05, 0.1) is 6.42 Å². The Balaban J connectivity index is 2.44. The lowest BCUT2D eigenvalue weighted by Gasteiger charge is -2.38. The number of aliphatic carboxylic acids is 1. The van der Waals surface area contributed by atoms with Crippen molar-refractivity contribution in [2.24, 2.45) is 0 Å². The third-order valence-corrected chi connectivity index (χ3v) is 2.94. The van der Waals surface area contributed by atoms with Crippen LogP contribution in [-0.2, 0) is 4.79 Å². The van der Waals surface area contributed by atoms with Gasteiger partial charge in [-0.15, -0.1) is 0 Å². The highest BCUT2D eigenvalue weighted by Gasteiger charge is 2.26. The highest BCUT2D eigenvalue weighted by molar-refractivity contribution is 5.76. The summed E-state index contributed by atoms with van der Waals surface area (Å²) in [5.41, 5.74) is 0. The molecule has 17 heavy (non-hydrogen) atoms. The summed E-state index contributed by atoms with van der Waals surface area (Å²) in [5.74, 6) is -0.899. The minimum absolute atomic E-state index is 0.0478. The first-order chi connectivity index (χ1) is 7.90. The molecule has 0 aromatic rings. The molecule has 1 aliphatic rings. The van der Waals surface area contributed by atoms with E-state index < -0.39 is 5.97 Å². The first-order valence-corrected chi connectivity index (χ1v) is 5.87. The lowest BCUT2D eigenvalue weighted by atomic mass is 10.2. The van der Waals surface area contributed by atoms with Crippen LogP contribution in [-0.4, -0.2) is 65.7 Å². The number of carbonyl (C=O) groups is 2. The van der Waals surface area contributed by atoms with Crippen molar-refractivity contribution in [3.05, 3.63) is 0 Å². The predicted molar refractivity (Wildman–Crippen MR) is 63.9 cm³/mol. The fourth-order valence-corrected chi connectivity index (χ4v) is 2.05. The third-order valence-electron chi connectivity index (χ3n) is 2.94. The second-order valence-electron chi connectivity index (χ2n) is 4.75. The van der Waals surface area contributed by atoms with Gasteiger partial charge in [0.25, 0.3) is 0 Å². The van der Waals surface area contributed by atoms with Gasteiger partial charge in [0.15, 0.2) is 0 Å². The Hall–Kier alpha value is -1.30. The molecule has 2 amide bonds. The van der Waals surface area contributed by atoms with Gasteiger partial charge < -0.3 is 20.2 Å². The van der Waals surface area contributed by atoms with Crippen LogP contribution in [0.1, 0.15) is 20.3 Å². The Kier molecular flexibility index (Phi) is 4.74. The Labute approximate surface area is 102 Å². The molecule has 6 nitrogen and oxygen atoms in total. The van der Waals surface area contributed by atoms with E-state index in [2.05, 4.69) is 10.2 Å². The number of carboxylic acid groups (broad SMARTS) is 1. The molecule has 0 bridgehead atoms. The molecule has 1 rings (SSSR count). The van der Waals surface area contributed by atoms with E-state index >= 15 is 0 Å². The number of amides is 2. The molecule has 6 heteroatoms. The second kappa shape index (κ2) is 5.86. The van der Waals surface area contributed by atoms with Crippen LogP contribution in [0.25, 0.3) is 0 Å². The molecule has 1 saturated heterocycles. The van der Waals surface area contributed by atoms with Crippen molar-refractivity contribution < 1.29 is 14.7 Å². The number of nitrogens with zero attached hydrogens (tertiary/aromatic N) is 2. The smallest absolute Gasteiger partial charge is 0.317 e. The summed E-state index contributed by atoms with van der Waals surface area (Å²) >= 11 is 0. The average Bonchev–Trinajstić information content (AvgIpc) is 2.15. The zero-order chi connectivity index (χ0) is 13.0. The normalized spacial score (nSPS) is 23.2. The Morgan fingerprint density at radius 2 is 2.12 bits per heavy atom. The van der Waals surface area contributed by atoms with Gasteiger partial charge >= 0.3 is 12.0 Å². The minimum atomic E-state index is -0.899. The highest BCUT2D eigenvalue weighted by atomic mass is 16.4. The van der Waals surface area contributed by atoms with Crippen molar-refractivity contribution in [1.82, 2.24) is 15.1 Å². The molecule has 0 saturated carbocycles. The number of piperazine rings is 1. The summed E-state index contributed by atoms with van der Waals surface area (Å²) in [7, 11) is 2.03. The van der Waals surface area contributed by atoms with Gasteiger partial charge in [-0.1, -0.05) is 0 Å². The largest absolute Gasteiger partial charge is 0.481 e. The summed E-state index contributed by atoms with van der Waals surface area (Å²) in [6, 6.07) is -0.350. The van der Waals surface area contributed by atoms with Crippen molar-refractivity contribution in [2.75, 3.05) is 26.7 Å². The van der Waals surface area contributed by atoms with Crippen molar-refractivity contribution in [3.8, 4) is 0 Å². The zero-order valence-electron chi connectivity index (χ0n) is 10.6. The number of carboxylic acids is 1. The van der Waals surface area contributed by atoms with Crippen LogP contribution in [0, 0.1) is 0 Å². The summed E-state index contributed by atoms with van der Waals surface area (Å²) in [6.45, 7) is 6.08. The molecule has 1 fully saturated rings. The van der Waals surface area contributed by atoms with Crippen LogP contribution < -0.4 is 5.32 Å². The van der Waals surface area contributed by atoms with Gasteiger partial charge in [-0.3, -0.25) is 4.79 Å². The van der Waals surface area contributed by atoms with E-state index in [0.717, 1.165) is 13.1 Å². The molecule has 1 heterocycles. The topological polar surface area (TPSA) is 72.9 Å². The number of hydrogen-bond donors (Lipinski definition) is 2. The maximum Gasteiger partial charge on any atom is 0.317 e. The summed E-state index contributed by atoms with van der Waals surface area (Å²) in [6.07, 6.45) is -0.0478. The molecule has 98 valence electrons. The summed E-state index contributed by atoms with van der Waals surface area (Å²) in [4.78, 5) is 26.4. The fraction of sp³-hybridized carbons (Fsp3) is 0.818. The standard InChI is InChI=1S/C11H21N3O3/c1-8(6-10(15)16)12-11(17)14-5-4-13(3)7-9(14)2/h8-9H,4-7H2,1-3H3,(H,12,17)(H,15,16). The monoisotopic (exact) mass is 243 g/mol. The lowest BCUT2D eigenvalue weighted by Crippen LogP contribution is -2.56. The zero-order valence-corrected chi connectivity index (χ0v) is 10.6. The number of nitrogens with one attached hydrogen (secondary N) is 1. The van der Waals surface area contributed by atoms with Crippen LogP contribution in [0.2, 0.25) is 0 Å². The molecule has 0 spiro atoms. The Morgan fingerprint density at radius 3 is 2.65 bits per heavy atom. The number of hydrogen-bond acceptors (Lipinski definition) is 3. The van der Waals surface area contributed by atoms with E-state index in [1.807, 2.05) is 14.0 Å². The van der Waals surface area contributed by atoms with Crippen LogP contribution in [0.15, 0.2) is 0 Å². The Morgan fingerprint density at radius 1 is 1.47 bits per heavy atom. The van der Waals surface area contributed by atoms with E-state index in [9.17, 15) is 9.59 Å². The minimum Gasteiger partial charge on any atom is -0.481 e. The van der Waals surface area contributed by atoms with Crippen LogP contribution >= 0.6 is 0 Å². The molecule has 1 aliphatic heterocycles. The molecule has 2 atom stereocenters. The molecule has 0 radical (unpaired) electrons. The van der Waals surface area contributed by atoms with Crippen LogP contribution in [0.3, 0.4) is 0 Å². The van der Waals surface area contributed by atoms with Gasteiger partial charge in [0.2, 0.25) is 0 Å². The number of rotatable bonds is 3. The average molecular weight is 243 g/mol. The van der Waals surface area contributed by atoms with Gasteiger partial charge in [0.1, 0.15) is 0 Å². The molecule has 2 unspecified atom stereocenters. The van der Waals surface area contributed by atoms with Crippen molar-refractivity contribution in [2.45, 2.75) is 32.4 Å². The molecule has 0 aromatic heterocycles. The number of likely N-dealkylation sites (N-methyl/N-ethyl adjacent to an activating group) is 1. The Bertz CT molecular complexity index is 296. The lowest BCUT2D eigenvalue weighted by molar-refractivity contribution is -0.137.